The topological polar surface area (TPSA) is 34.0 Å². The van der Waals surface area contributed by atoms with Crippen LogP contribution in [-0.2, 0) is 13.6 Å². The minimum Gasteiger partial charge on any atom is -0.347 e. The highest BCUT2D eigenvalue weighted by Crippen LogP contribution is 2.13. The van der Waals surface area contributed by atoms with Crippen molar-refractivity contribution in [3.05, 3.63) is 58.1 Å². The van der Waals surface area contributed by atoms with Crippen LogP contribution in [0.2, 0.25) is 0 Å². The summed E-state index contributed by atoms with van der Waals surface area (Å²) in [5.74, 6) is -0.490. The van der Waals surface area contributed by atoms with Gasteiger partial charge in [0.15, 0.2) is 0 Å². The second-order valence-corrected chi connectivity index (χ2v) is 4.88. The molecule has 0 aliphatic rings. The molecule has 3 nitrogen and oxygen atoms in total. The highest BCUT2D eigenvalue weighted by molar-refractivity contribution is 9.10. The fraction of sp³-hybridized carbons (Fsp3) is 0.154. The van der Waals surface area contributed by atoms with E-state index in [-0.39, 0.29) is 11.7 Å². The van der Waals surface area contributed by atoms with Crippen LogP contribution in [0.3, 0.4) is 0 Å². The average Bonchev–Trinajstić information content (AvgIpc) is 2.66. The lowest BCUT2D eigenvalue weighted by Crippen LogP contribution is -2.24. The molecule has 2 rings (SSSR count). The molecule has 0 saturated carbocycles. The average molecular weight is 311 g/mol. The van der Waals surface area contributed by atoms with Gasteiger partial charge >= 0.3 is 0 Å². The molecule has 0 atom stereocenters. The number of nitrogens with zero attached hydrogens (tertiary/aromatic N) is 1. The van der Waals surface area contributed by atoms with E-state index in [0.29, 0.717) is 12.2 Å². The van der Waals surface area contributed by atoms with Crippen molar-refractivity contribution in [2.24, 2.45) is 7.05 Å². The summed E-state index contributed by atoms with van der Waals surface area (Å²) >= 11 is 3.31. The zero-order valence-corrected chi connectivity index (χ0v) is 11.4. The van der Waals surface area contributed by atoms with E-state index >= 15 is 0 Å². The molecule has 0 bridgehead atoms. The first-order chi connectivity index (χ1) is 8.56. The molecule has 1 aromatic heterocycles. The highest BCUT2D eigenvalue weighted by Gasteiger charge is 2.10. The van der Waals surface area contributed by atoms with Gasteiger partial charge in [-0.1, -0.05) is 12.1 Å². The van der Waals surface area contributed by atoms with Gasteiger partial charge in [-0.3, -0.25) is 4.79 Å². The number of carbonyl (C=O) groups excluding carboxylic acids is 1. The third-order valence-corrected chi connectivity index (χ3v) is 2.98. The molecule has 0 fully saturated rings. The monoisotopic (exact) mass is 310 g/mol. The van der Waals surface area contributed by atoms with Crippen molar-refractivity contribution in [1.29, 1.82) is 0 Å². The predicted octanol–water partition coefficient (Wildman–Crippen LogP) is 2.86. The number of amides is 1. The van der Waals surface area contributed by atoms with Crippen LogP contribution in [0.5, 0.6) is 0 Å². The van der Waals surface area contributed by atoms with E-state index in [1.54, 1.807) is 36.0 Å². The summed E-state index contributed by atoms with van der Waals surface area (Å²) in [6.45, 7) is 0.305. The van der Waals surface area contributed by atoms with Crippen LogP contribution in [0.25, 0.3) is 0 Å². The molecule has 2 aromatic rings. The normalized spacial score (nSPS) is 10.4. The maximum atomic E-state index is 13.0. The smallest absolute Gasteiger partial charge is 0.268 e. The predicted molar refractivity (Wildman–Crippen MR) is 70.7 cm³/mol. The SMILES string of the molecule is Cn1cc(Br)cc1C(=O)NCc1cccc(F)c1. The minimum absolute atomic E-state index is 0.188. The number of benzene rings is 1. The third-order valence-electron chi connectivity index (χ3n) is 2.55. The summed E-state index contributed by atoms with van der Waals surface area (Å²) in [6.07, 6.45) is 1.80. The lowest BCUT2D eigenvalue weighted by atomic mass is 10.2. The second kappa shape index (κ2) is 5.35. The quantitative estimate of drug-likeness (QED) is 0.929. The molecule has 0 aliphatic carbocycles. The second-order valence-electron chi connectivity index (χ2n) is 3.97. The van der Waals surface area contributed by atoms with Crippen molar-refractivity contribution >= 4 is 21.8 Å². The lowest BCUT2D eigenvalue weighted by Gasteiger charge is -2.06. The van der Waals surface area contributed by atoms with Gasteiger partial charge in [0.25, 0.3) is 5.91 Å². The number of hydrogen-bond acceptors (Lipinski definition) is 1. The summed E-state index contributed by atoms with van der Waals surface area (Å²) in [5, 5.41) is 2.75. The fourth-order valence-electron chi connectivity index (χ4n) is 1.67. The maximum absolute atomic E-state index is 13.0. The van der Waals surface area contributed by atoms with Crippen LogP contribution in [-0.4, -0.2) is 10.5 Å². The first-order valence-corrected chi connectivity index (χ1v) is 6.20. The number of aryl methyl sites for hydroxylation is 1. The van der Waals surface area contributed by atoms with Crippen molar-refractivity contribution in [3.8, 4) is 0 Å². The lowest BCUT2D eigenvalue weighted by molar-refractivity contribution is 0.0942. The summed E-state index contributed by atoms with van der Waals surface area (Å²) in [6, 6.07) is 7.90. The summed E-state index contributed by atoms with van der Waals surface area (Å²) in [4.78, 5) is 11.9. The molecular formula is C13H12BrFN2O. The molecule has 0 radical (unpaired) electrons. The van der Waals surface area contributed by atoms with E-state index in [9.17, 15) is 9.18 Å². The largest absolute Gasteiger partial charge is 0.347 e. The van der Waals surface area contributed by atoms with Gasteiger partial charge in [0, 0.05) is 24.3 Å². The molecule has 0 spiro atoms. The Balaban J connectivity index is 2.03. The fourth-order valence-corrected chi connectivity index (χ4v) is 2.19. The van der Waals surface area contributed by atoms with Gasteiger partial charge in [0.1, 0.15) is 11.5 Å². The van der Waals surface area contributed by atoms with Gasteiger partial charge in [0.2, 0.25) is 0 Å². The Bertz CT molecular complexity index is 580. The number of carbonyl (C=O) groups is 1. The van der Waals surface area contributed by atoms with Crippen LogP contribution < -0.4 is 5.32 Å². The molecule has 18 heavy (non-hydrogen) atoms. The zero-order valence-electron chi connectivity index (χ0n) is 9.78. The number of halogens is 2. The molecule has 1 N–H and O–H groups in total. The molecule has 0 unspecified atom stereocenters. The van der Waals surface area contributed by atoms with Crippen molar-refractivity contribution in [3.63, 3.8) is 0 Å². The van der Waals surface area contributed by atoms with Crippen LogP contribution in [0.1, 0.15) is 16.1 Å². The Hall–Kier alpha value is -1.62. The van der Waals surface area contributed by atoms with Crippen molar-refractivity contribution < 1.29 is 9.18 Å². The Morgan fingerprint density at radius 2 is 2.22 bits per heavy atom. The zero-order chi connectivity index (χ0) is 13.1. The Morgan fingerprint density at radius 3 is 2.83 bits per heavy atom. The van der Waals surface area contributed by atoms with Crippen LogP contribution in [0.15, 0.2) is 41.0 Å². The number of hydrogen-bond donors (Lipinski definition) is 1. The Labute approximate surface area is 113 Å². The number of nitrogens with one attached hydrogen (secondary N) is 1. The standard InChI is InChI=1S/C13H12BrFN2O/c1-17-8-10(14)6-12(17)13(18)16-7-9-3-2-4-11(15)5-9/h2-6,8H,7H2,1H3,(H,16,18). The minimum atomic E-state index is -0.302. The summed E-state index contributed by atoms with van der Waals surface area (Å²) < 4.78 is 15.5. The Morgan fingerprint density at radius 1 is 1.44 bits per heavy atom. The van der Waals surface area contributed by atoms with Gasteiger partial charge in [-0.15, -0.1) is 0 Å². The van der Waals surface area contributed by atoms with E-state index in [4.69, 9.17) is 0 Å². The highest BCUT2D eigenvalue weighted by atomic mass is 79.9. The van der Waals surface area contributed by atoms with E-state index in [1.165, 1.54) is 12.1 Å². The van der Waals surface area contributed by atoms with Gasteiger partial charge in [0.05, 0.1) is 0 Å². The van der Waals surface area contributed by atoms with E-state index < -0.39 is 0 Å². The van der Waals surface area contributed by atoms with Crippen LogP contribution in [0.4, 0.5) is 4.39 Å². The Kier molecular flexibility index (Phi) is 3.81. The molecule has 0 saturated heterocycles. The van der Waals surface area contributed by atoms with Gasteiger partial charge in [-0.05, 0) is 39.7 Å². The van der Waals surface area contributed by atoms with Crippen LogP contribution >= 0.6 is 15.9 Å². The first kappa shape index (κ1) is 12.8. The molecule has 0 aliphatic heterocycles. The first-order valence-electron chi connectivity index (χ1n) is 5.41. The third kappa shape index (κ3) is 2.98. The molecule has 5 heteroatoms. The van der Waals surface area contributed by atoms with Crippen molar-refractivity contribution in [2.75, 3.05) is 0 Å². The molecular weight excluding hydrogens is 299 g/mol. The van der Waals surface area contributed by atoms with Crippen molar-refractivity contribution in [2.45, 2.75) is 6.54 Å². The van der Waals surface area contributed by atoms with E-state index in [2.05, 4.69) is 21.2 Å². The summed E-state index contributed by atoms with van der Waals surface area (Å²) in [5.41, 5.74) is 1.29. The van der Waals surface area contributed by atoms with Crippen LogP contribution in [0, 0.1) is 5.82 Å². The van der Waals surface area contributed by atoms with E-state index in [0.717, 1.165) is 10.0 Å². The van der Waals surface area contributed by atoms with Gasteiger partial charge in [-0.25, -0.2) is 4.39 Å². The van der Waals surface area contributed by atoms with Gasteiger partial charge < -0.3 is 9.88 Å². The number of rotatable bonds is 3. The molecule has 94 valence electrons. The van der Waals surface area contributed by atoms with Gasteiger partial charge in [-0.2, -0.15) is 0 Å². The maximum Gasteiger partial charge on any atom is 0.268 e. The van der Waals surface area contributed by atoms with Crippen molar-refractivity contribution in [1.82, 2.24) is 9.88 Å². The molecule has 1 aromatic carbocycles. The molecule has 1 amide bonds. The number of aromatic nitrogens is 1. The van der Waals surface area contributed by atoms with E-state index in [1.807, 2.05) is 0 Å². The molecule has 1 heterocycles. The summed E-state index contributed by atoms with van der Waals surface area (Å²) in [7, 11) is 1.79.